The van der Waals surface area contributed by atoms with E-state index >= 15 is 0 Å². The van der Waals surface area contributed by atoms with Gasteiger partial charge < -0.3 is 10.1 Å². The quantitative estimate of drug-likeness (QED) is 0.520. The summed E-state index contributed by atoms with van der Waals surface area (Å²) >= 11 is 1.50. The zero-order chi connectivity index (χ0) is 20.6. The van der Waals surface area contributed by atoms with Crippen molar-refractivity contribution < 1.29 is 14.3 Å². The van der Waals surface area contributed by atoms with Crippen molar-refractivity contribution in [2.75, 3.05) is 11.9 Å². The third kappa shape index (κ3) is 6.05. The molecule has 8 heteroatoms. The van der Waals surface area contributed by atoms with Crippen LogP contribution >= 0.6 is 11.3 Å². The highest BCUT2D eigenvalue weighted by Crippen LogP contribution is 2.16. The summed E-state index contributed by atoms with van der Waals surface area (Å²) in [5.41, 5.74) is 10.8. The van der Waals surface area contributed by atoms with Gasteiger partial charge in [0.2, 0.25) is 0 Å². The van der Waals surface area contributed by atoms with E-state index in [2.05, 4.69) is 21.2 Å². The first kappa shape index (κ1) is 20.3. The highest BCUT2D eigenvalue weighted by atomic mass is 32.1. The molecule has 3 rings (SSSR count). The number of ether oxygens (including phenoxy) is 1. The number of hydrogen-bond acceptors (Lipinski definition) is 6. The molecule has 0 atom stereocenters. The first-order chi connectivity index (χ1) is 14.0. The Morgan fingerprint density at radius 2 is 1.97 bits per heavy atom. The number of carbonyl (C=O) groups excluding carboxylic acids is 2. The van der Waals surface area contributed by atoms with E-state index in [-0.39, 0.29) is 12.5 Å². The largest absolute Gasteiger partial charge is 0.487 e. The van der Waals surface area contributed by atoms with E-state index in [1.807, 2.05) is 37.4 Å². The Labute approximate surface area is 173 Å². The van der Waals surface area contributed by atoms with Gasteiger partial charge in [-0.15, -0.1) is 11.3 Å². The molecule has 0 bridgehead atoms. The van der Waals surface area contributed by atoms with Gasteiger partial charge in [0.05, 0.1) is 17.7 Å². The fourth-order valence-corrected chi connectivity index (χ4v) is 3.17. The van der Waals surface area contributed by atoms with Crippen molar-refractivity contribution in [2.24, 2.45) is 0 Å². The lowest BCUT2D eigenvalue weighted by atomic mass is 10.1. The van der Waals surface area contributed by atoms with E-state index in [9.17, 15) is 9.59 Å². The molecule has 1 aromatic heterocycles. The summed E-state index contributed by atoms with van der Waals surface area (Å²) in [6.07, 6.45) is 0. The van der Waals surface area contributed by atoms with Crippen LogP contribution in [0.2, 0.25) is 0 Å². The first-order valence-corrected chi connectivity index (χ1v) is 9.96. The molecule has 2 amide bonds. The van der Waals surface area contributed by atoms with Crippen LogP contribution in [0.15, 0.2) is 53.4 Å². The van der Waals surface area contributed by atoms with Crippen molar-refractivity contribution in [1.29, 1.82) is 0 Å². The summed E-state index contributed by atoms with van der Waals surface area (Å²) in [6.45, 7) is 4.35. The van der Waals surface area contributed by atoms with Crippen molar-refractivity contribution in [2.45, 2.75) is 20.5 Å². The summed E-state index contributed by atoms with van der Waals surface area (Å²) in [4.78, 5) is 28.4. The summed E-state index contributed by atoms with van der Waals surface area (Å²) in [6, 6.07) is 12.7. The average molecular weight is 410 g/mol. The highest BCUT2D eigenvalue weighted by Gasteiger charge is 2.09. The number of hydrogen-bond donors (Lipinski definition) is 3. The molecule has 0 unspecified atom stereocenters. The summed E-state index contributed by atoms with van der Waals surface area (Å²) in [7, 11) is 0. The number of anilines is 1. The molecule has 0 saturated heterocycles. The van der Waals surface area contributed by atoms with Gasteiger partial charge in [0, 0.05) is 16.6 Å². The number of aryl methyl sites for hydroxylation is 2. The Balaban J connectivity index is 1.47. The molecule has 1 heterocycles. The predicted octanol–water partition coefficient (Wildman–Crippen LogP) is 3.21. The van der Waals surface area contributed by atoms with Gasteiger partial charge in [0.25, 0.3) is 11.8 Å². The van der Waals surface area contributed by atoms with Gasteiger partial charge in [-0.05, 0) is 43.7 Å². The molecule has 0 fully saturated rings. The number of nitrogens with one attached hydrogen (secondary N) is 3. The number of nitrogens with zero attached hydrogens (tertiary/aromatic N) is 1. The number of amides is 2. The SMILES string of the molecule is Cc1ccc(NCC(=O)NNC(=O)c2cccc(OCc3cscn3)c2)c(C)c1. The van der Waals surface area contributed by atoms with Crippen molar-refractivity contribution in [3.8, 4) is 5.75 Å². The summed E-state index contributed by atoms with van der Waals surface area (Å²) in [5, 5.41) is 4.96. The van der Waals surface area contributed by atoms with Gasteiger partial charge in [-0.25, -0.2) is 4.98 Å². The van der Waals surface area contributed by atoms with E-state index in [4.69, 9.17) is 4.74 Å². The van der Waals surface area contributed by atoms with Gasteiger partial charge in [-0.1, -0.05) is 23.8 Å². The van der Waals surface area contributed by atoms with Gasteiger partial charge >= 0.3 is 0 Å². The minimum Gasteiger partial charge on any atom is -0.487 e. The molecule has 3 N–H and O–H groups in total. The number of aromatic nitrogens is 1. The molecule has 7 nitrogen and oxygen atoms in total. The Hall–Kier alpha value is -3.39. The second kappa shape index (κ2) is 9.70. The third-order valence-corrected chi connectivity index (χ3v) is 4.74. The number of hydrazine groups is 1. The topological polar surface area (TPSA) is 92.4 Å². The first-order valence-electron chi connectivity index (χ1n) is 9.01. The molecule has 0 aliphatic heterocycles. The minimum absolute atomic E-state index is 0.0426. The Bertz CT molecular complexity index is 989. The standard InChI is InChI=1S/C21H22N4O3S/c1-14-6-7-19(15(2)8-14)22-10-20(26)24-25-21(27)16-4-3-5-18(9-16)28-11-17-12-29-13-23-17/h3-9,12-13,22H,10-11H2,1-2H3,(H,24,26)(H,25,27). The van der Waals surface area contributed by atoms with Crippen molar-refractivity contribution >= 4 is 28.8 Å². The zero-order valence-corrected chi connectivity index (χ0v) is 17.0. The zero-order valence-electron chi connectivity index (χ0n) is 16.2. The maximum Gasteiger partial charge on any atom is 0.269 e. The molecule has 0 spiro atoms. The lowest BCUT2D eigenvalue weighted by molar-refractivity contribution is -0.120. The van der Waals surface area contributed by atoms with Crippen LogP contribution in [0.25, 0.3) is 0 Å². The van der Waals surface area contributed by atoms with Gasteiger partial charge in [-0.2, -0.15) is 0 Å². The lowest BCUT2D eigenvalue weighted by Gasteiger charge is -2.12. The molecule has 150 valence electrons. The van der Waals surface area contributed by atoms with E-state index < -0.39 is 5.91 Å². The summed E-state index contributed by atoms with van der Waals surface area (Å²) in [5.74, 6) is -0.230. The van der Waals surface area contributed by atoms with Gasteiger partial charge in [-0.3, -0.25) is 20.4 Å². The highest BCUT2D eigenvalue weighted by molar-refractivity contribution is 7.07. The molecule has 0 aliphatic carbocycles. The Kier molecular flexibility index (Phi) is 6.80. The third-order valence-electron chi connectivity index (χ3n) is 4.10. The maximum absolute atomic E-state index is 12.3. The number of carbonyl (C=O) groups is 2. The Morgan fingerprint density at radius 1 is 1.10 bits per heavy atom. The molecule has 29 heavy (non-hydrogen) atoms. The Morgan fingerprint density at radius 3 is 2.72 bits per heavy atom. The molecule has 0 saturated carbocycles. The molecule has 2 aromatic carbocycles. The monoisotopic (exact) mass is 410 g/mol. The molecule has 0 radical (unpaired) electrons. The fraction of sp³-hybridized carbons (Fsp3) is 0.190. The number of rotatable bonds is 7. The maximum atomic E-state index is 12.3. The van der Waals surface area contributed by atoms with E-state index in [1.165, 1.54) is 11.3 Å². The normalized spacial score (nSPS) is 10.3. The van der Waals surface area contributed by atoms with Crippen LogP contribution in [0.3, 0.4) is 0 Å². The number of benzene rings is 2. The van der Waals surface area contributed by atoms with Crippen molar-refractivity contribution in [3.63, 3.8) is 0 Å². The van der Waals surface area contributed by atoms with Crippen LogP contribution in [-0.4, -0.2) is 23.3 Å². The summed E-state index contributed by atoms with van der Waals surface area (Å²) < 4.78 is 5.64. The van der Waals surface area contributed by atoms with E-state index in [1.54, 1.807) is 29.8 Å². The second-order valence-electron chi connectivity index (χ2n) is 6.47. The molecule has 3 aromatic rings. The van der Waals surface area contributed by atoms with Gasteiger partial charge in [0.1, 0.15) is 12.4 Å². The van der Waals surface area contributed by atoms with Crippen molar-refractivity contribution in [1.82, 2.24) is 15.8 Å². The average Bonchev–Trinajstić information content (AvgIpc) is 3.24. The van der Waals surface area contributed by atoms with Crippen LogP contribution in [-0.2, 0) is 11.4 Å². The second-order valence-corrected chi connectivity index (χ2v) is 7.19. The lowest BCUT2D eigenvalue weighted by Crippen LogP contribution is -2.44. The van der Waals surface area contributed by atoms with Crippen LogP contribution in [0.1, 0.15) is 27.2 Å². The minimum atomic E-state index is -0.427. The smallest absolute Gasteiger partial charge is 0.269 e. The van der Waals surface area contributed by atoms with Gasteiger partial charge in [0.15, 0.2) is 0 Å². The van der Waals surface area contributed by atoms with Crippen molar-refractivity contribution in [3.05, 3.63) is 75.7 Å². The fourth-order valence-electron chi connectivity index (χ4n) is 2.62. The molecular formula is C21H22N4O3S. The molecule has 0 aliphatic rings. The van der Waals surface area contributed by atoms with Crippen LogP contribution in [0.4, 0.5) is 5.69 Å². The van der Waals surface area contributed by atoms with Crippen LogP contribution < -0.4 is 20.9 Å². The number of thiazole rings is 1. The predicted molar refractivity (Wildman–Crippen MR) is 113 cm³/mol. The van der Waals surface area contributed by atoms with Crippen LogP contribution in [0.5, 0.6) is 5.75 Å². The van der Waals surface area contributed by atoms with E-state index in [0.29, 0.717) is 17.9 Å². The molecular weight excluding hydrogens is 388 g/mol. The van der Waals surface area contributed by atoms with Crippen LogP contribution in [0, 0.1) is 13.8 Å². The van der Waals surface area contributed by atoms with E-state index in [0.717, 1.165) is 22.5 Å².